The summed E-state index contributed by atoms with van der Waals surface area (Å²) in [7, 11) is 0. The summed E-state index contributed by atoms with van der Waals surface area (Å²) in [5.74, 6) is -0.704. The van der Waals surface area contributed by atoms with E-state index in [2.05, 4.69) is 10.3 Å². The normalized spacial score (nSPS) is 11.9. The van der Waals surface area contributed by atoms with Crippen LogP contribution < -0.4 is 5.32 Å². The van der Waals surface area contributed by atoms with Crippen molar-refractivity contribution in [2.45, 2.75) is 33.7 Å². The van der Waals surface area contributed by atoms with Crippen molar-refractivity contribution in [1.29, 1.82) is 0 Å². The molecule has 5 nitrogen and oxygen atoms in total. The lowest BCUT2D eigenvalue weighted by molar-refractivity contribution is 0.0525. The highest BCUT2D eigenvalue weighted by Gasteiger charge is 2.23. The number of hydrogen-bond donors (Lipinski definition) is 2. The molecule has 0 fully saturated rings. The number of H-pyrrole nitrogens is 1. The first kappa shape index (κ1) is 18.1. The van der Waals surface area contributed by atoms with Crippen molar-refractivity contribution in [2.24, 2.45) is 0 Å². The van der Waals surface area contributed by atoms with Crippen LogP contribution in [0.3, 0.4) is 0 Å². The van der Waals surface area contributed by atoms with Gasteiger partial charge in [-0.05, 0) is 51.0 Å². The molecule has 0 bridgehead atoms. The number of ether oxygens (including phenoxy) is 1. The molecule has 0 spiro atoms. The van der Waals surface area contributed by atoms with Crippen molar-refractivity contribution in [3.05, 3.63) is 57.4 Å². The molecule has 0 aliphatic heterocycles. The summed E-state index contributed by atoms with van der Waals surface area (Å²) < 4.78 is 5.04. The Morgan fingerprint density at radius 3 is 2.67 bits per heavy atom. The number of aromatic amines is 1. The van der Waals surface area contributed by atoms with Crippen LogP contribution in [-0.4, -0.2) is 23.5 Å². The van der Waals surface area contributed by atoms with E-state index >= 15 is 0 Å². The van der Waals surface area contributed by atoms with Crippen LogP contribution in [-0.2, 0) is 4.74 Å². The Hall–Kier alpha value is -2.27. The molecule has 1 aromatic heterocycles. The van der Waals surface area contributed by atoms with Crippen LogP contribution in [0.2, 0.25) is 5.02 Å². The standard InChI is InChI=1S/C18H21ClN2O3/c1-5-24-18(23)15-10(2)16(20-12(15)4)17(22)21-11(3)13-7-6-8-14(19)9-13/h6-9,11,20H,5H2,1-4H3,(H,21,22). The van der Waals surface area contributed by atoms with Gasteiger partial charge in [-0.3, -0.25) is 4.79 Å². The van der Waals surface area contributed by atoms with Gasteiger partial charge in [-0.1, -0.05) is 23.7 Å². The zero-order valence-electron chi connectivity index (χ0n) is 14.2. The Balaban J connectivity index is 2.21. The lowest BCUT2D eigenvalue weighted by Gasteiger charge is -2.14. The molecule has 2 rings (SSSR count). The van der Waals surface area contributed by atoms with Crippen molar-refractivity contribution in [1.82, 2.24) is 10.3 Å². The van der Waals surface area contributed by atoms with Gasteiger partial charge in [-0.25, -0.2) is 4.79 Å². The largest absolute Gasteiger partial charge is 0.462 e. The zero-order valence-corrected chi connectivity index (χ0v) is 15.0. The lowest BCUT2D eigenvalue weighted by Crippen LogP contribution is -2.27. The van der Waals surface area contributed by atoms with E-state index in [1.807, 2.05) is 25.1 Å². The highest BCUT2D eigenvalue weighted by molar-refractivity contribution is 6.30. The van der Waals surface area contributed by atoms with E-state index in [1.165, 1.54) is 0 Å². The smallest absolute Gasteiger partial charge is 0.340 e. The number of esters is 1. The van der Waals surface area contributed by atoms with Crippen LogP contribution in [0.1, 0.15) is 57.6 Å². The summed E-state index contributed by atoms with van der Waals surface area (Å²) in [6, 6.07) is 7.11. The second-order valence-corrected chi connectivity index (χ2v) is 6.03. The molecular formula is C18H21ClN2O3. The van der Waals surface area contributed by atoms with E-state index in [-0.39, 0.29) is 18.6 Å². The van der Waals surface area contributed by atoms with Crippen LogP contribution in [0, 0.1) is 13.8 Å². The Bertz CT molecular complexity index is 768. The molecule has 1 heterocycles. The van der Waals surface area contributed by atoms with E-state index in [0.717, 1.165) is 5.56 Å². The number of benzene rings is 1. The summed E-state index contributed by atoms with van der Waals surface area (Å²) in [6.45, 7) is 7.39. The predicted octanol–water partition coefficient (Wildman–Crippen LogP) is 3.95. The molecule has 24 heavy (non-hydrogen) atoms. The minimum atomic E-state index is -0.425. The molecule has 0 radical (unpaired) electrons. The predicted molar refractivity (Wildman–Crippen MR) is 93.6 cm³/mol. The molecule has 128 valence electrons. The Morgan fingerprint density at radius 2 is 2.04 bits per heavy atom. The maximum Gasteiger partial charge on any atom is 0.340 e. The first-order valence-electron chi connectivity index (χ1n) is 7.77. The van der Waals surface area contributed by atoms with Gasteiger partial charge in [0.2, 0.25) is 0 Å². The Morgan fingerprint density at radius 1 is 1.33 bits per heavy atom. The number of aromatic nitrogens is 1. The lowest BCUT2D eigenvalue weighted by atomic mass is 10.1. The number of carbonyl (C=O) groups excluding carboxylic acids is 2. The van der Waals surface area contributed by atoms with Gasteiger partial charge in [0.05, 0.1) is 18.2 Å². The fourth-order valence-electron chi connectivity index (χ4n) is 2.61. The third-order valence-electron chi connectivity index (χ3n) is 3.84. The van der Waals surface area contributed by atoms with Crippen LogP contribution in [0.4, 0.5) is 0 Å². The van der Waals surface area contributed by atoms with Crippen molar-refractivity contribution in [2.75, 3.05) is 6.61 Å². The molecule has 0 saturated heterocycles. The summed E-state index contributed by atoms with van der Waals surface area (Å²) >= 11 is 5.99. The second kappa shape index (κ2) is 7.53. The molecule has 1 atom stereocenters. The summed E-state index contributed by atoms with van der Waals surface area (Å²) in [6.07, 6.45) is 0. The number of hydrogen-bond acceptors (Lipinski definition) is 3. The molecule has 0 aliphatic carbocycles. The number of rotatable bonds is 5. The van der Waals surface area contributed by atoms with Crippen molar-refractivity contribution >= 4 is 23.5 Å². The molecule has 1 unspecified atom stereocenters. The Labute approximate surface area is 146 Å². The second-order valence-electron chi connectivity index (χ2n) is 5.60. The third kappa shape index (κ3) is 3.79. The van der Waals surface area contributed by atoms with Crippen LogP contribution in [0.5, 0.6) is 0 Å². The number of amides is 1. The van der Waals surface area contributed by atoms with Gasteiger partial charge >= 0.3 is 5.97 Å². The van der Waals surface area contributed by atoms with Crippen molar-refractivity contribution in [3.63, 3.8) is 0 Å². The average Bonchev–Trinajstić information content (AvgIpc) is 2.82. The molecule has 6 heteroatoms. The summed E-state index contributed by atoms with van der Waals surface area (Å²) in [5.41, 5.74) is 2.89. The maximum atomic E-state index is 12.6. The fourth-order valence-corrected chi connectivity index (χ4v) is 2.81. The SMILES string of the molecule is CCOC(=O)c1c(C)[nH]c(C(=O)NC(C)c2cccc(Cl)c2)c1C. The van der Waals surface area contributed by atoms with E-state index in [4.69, 9.17) is 16.3 Å². The van der Waals surface area contributed by atoms with Gasteiger partial charge in [0.25, 0.3) is 5.91 Å². The highest BCUT2D eigenvalue weighted by Crippen LogP contribution is 2.21. The molecule has 0 aliphatic rings. The number of nitrogens with one attached hydrogen (secondary N) is 2. The topological polar surface area (TPSA) is 71.2 Å². The molecule has 2 aromatic rings. The van der Waals surface area contributed by atoms with Crippen LogP contribution in [0.15, 0.2) is 24.3 Å². The Kier molecular flexibility index (Phi) is 5.67. The van der Waals surface area contributed by atoms with Gasteiger partial charge in [0.1, 0.15) is 5.69 Å². The quantitative estimate of drug-likeness (QED) is 0.803. The fraction of sp³-hybridized carbons (Fsp3) is 0.333. The van der Waals surface area contributed by atoms with Gasteiger partial charge in [0, 0.05) is 10.7 Å². The minimum Gasteiger partial charge on any atom is -0.462 e. The van der Waals surface area contributed by atoms with Crippen molar-refractivity contribution < 1.29 is 14.3 Å². The molecule has 0 saturated carbocycles. The number of carbonyl (C=O) groups is 2. The van der Waals surface area contributed by atoms with Gasteiger partial charge in [0.15, 0.2) is 0 Å². The van der Waals surface area contributed by atoms with Gasteiger partial charge in [-0.2, -0.15) is 0 Å². The minimum absolute atomic E-state index is 0.217. The first-order valence-corrected chi connectivity index (χ1v) is 8.15. The van der Waals surface area contributed by atoms with Crippen molar-refractivity contribution in [3.8, 4) is 0 Å². The van der Waals surface area contributed by atoms with Crippen LogP contribution >= 0.6 is 11.6 Å². The number of aryl methyl sites for hydroxylation is 1. The highest BCUT2D eigenvalue weighted by atomic mass is 35.5. The molecule has 1 aromatic carbocycles. The monoisotopic (exact) mass is 348 g/mol. The zero-order chi connectivity index (χ0) is 17.9. The maximum absolute atomic E-state index is 12.6. The summed E-state index contributed by atoms with van der Waals surface area (Å²) in [4.78, 5) is 27.5. The first-order chi connectivity index (χ1) is 11.3. The average molecular weight is 349 g/mol. The molecular weight excluding hydrogens is 328 g/mol. The number of halogens is 1. The summed E-state index contributed by atoms with van der Waals surface area (Å²) in [5, 5.41) is 3.53. The van der Waals surface area contributed by atoms with Crippen LogP contribution in [0.25, 0.3) is 0 Å². The third-order valence-corrected chi connectivity index (χ3v) is 4.08. The van der Waals surface area contributed by atoms with E-state index < -0.39 is 5.97 Å². The molecule has 1 amide bonds. The van der Waals surface area contributed by atoms with E-state index in [0.29, 0.717) is 27.5 Å². The van der Waals surface area contributed by atoms with E-state index in [1.54, 1.807) is 26.8 Å². The molecule has 2 N–H and O–H groups in total. The van der Waals surface area contributed by atoms with E-state index in [9.17, 15) is 9.59 Å². The van der Waals surface area contributed by atoms with Gasteiger partial charge < -0.3 is 15.0 Å². The van der Waals surface area contributed by atoms with Gasteiger partial charge in [-0.15, -0.1) is 0 Å².